The number of nitrogens with zero attached hydrogens (tertiary/aromatic N) is 1. The first-order chi connectivity index (χ1) is 18.5. The number of sulfone groups is 1. The number of aryl methyl sites for hydroxylation is 3. The van der Waals surface area contributed by atoms with E-state index >= 15 is 0 Å². The Labute approximate surface area is 228 Å². The van der Waals surface area contributed by atoms with E-state index in [0.29, 0.717) is 59.7 Å². The summed E-state index contributed by atoms with van der Waals surface area (Å²) in [4.78, 5) is 31.4. The molecule has 1 saturated heterocycles. The number of anilines is 1. The molecule has 2 amide bonds. The van der Waals surface area contributed by atoms with Crippen LogP contribution in [0.1, 0.15) is 62.4 Å². The molecule has 3 N–H and O–H groups in total. The molecule has 0 atom stereocenters. The second-order valence-corrected chi connectivity index (χ2v) is 12.5. The normalized spacial score (nSPS) is 17.0. The van der Waals surface area contributed by atoms with Gasteiger partial charge in [0.15, 0.2) is 9.84 Å². The summed E-state index contributed by atoms with van der Waals surface area (Å²) in [5, 5.41) is 12.6. The molecular formula is C30H33N3O5S. The molecule has 2 aliphatic rings. The van der Waals surface area contributed by atoms with Crippen LogP contribution in [0.2, 0.25) is 0 Å². The topological polar surface area (TPSA) is 120 Å². The number of aliphatic hydroxyl groups is 1. The molecule has 8 nitrogen and oxygen atoms in total. The third kappa shape index (κ3) is 5.04. The van der Waals surface area contributed by atoms with Crippen LogP contribution in [0.4, 0.5) is 5.69 Å². The van der Waals surface area contributed by atoms with Gasteiger partial charge in [-0.05, 0) is 87.1 Å². The molecule has 0 spiro atoms. The maximum atomic E-state index is 13.4. The Balaban J connectivity index is 1.48. The van der Waals surface area contributed by atoms with Crippen molar-refractivity contribution < 1.29 is 23.1 Å². The van der Waals surface area contributed by atoms with E-state index in [1.807, 2.05) is 45.9 Å². The summed E-state index contributed by atoms with van der Waals surface area (Å²) in [5.41, 5.74) is 6.58. The van der Waals surface area contributed by atoms with Gasteiger partial charge in [0.2, 0.25) is 0 Å². The van der Waals surface area contributed by atoms with E-state index in [2.05, 4.69) is 10.3 Å². The molecule has 0 radical (unpaired) electrons. The molecule has 39 heavy (non-hydrogen) atoms. The van der Waals surface area contributed by atoms with Crippen LogP contribution in [0.25, 0.3) is 11.6 Å². The number of hydrogen-bond donors (Lipinski definition) is 3. The van der Waals surface area contributed by atoms with Crippen molar-refractivity contribution in [3.63, 3.8) is 0 Å². The summed E-state index contributed by atoms with van der Waals surface area (Å²) < 4.78 is 26.8. The molecule has 0 bridgehead atoms. The molecule has 3 heterocycles. The number of aliphatic hydroxyl groups excluding tert-OH is 1. The van der Waals surface area contributed by atoms with Gasteiger partial charge in [0.25, 0.3) is 11.8 Å². The SMILES string of the molecule is Cc1cccc(C)c1CS(=O)(=O)c1ccc2c(c1)C(=Cc1[nH]c(C)c(C(=O)N3CCC(O)CC3)c1C)C(=O)N2. The fourth-order valence-corrected chi connectivity index (χ4v) is 7.04. The minimum absolute atomic E-state index is 0.103. The smallest absolute Gasteiger partial charge is 0.256 e. The van der Waals surface area contributed by atoms with Crippen LogP contribution >= 0.6 is 0 Å². The highest BCUT2D eigenvalue weighted by molar-refractivity contribution is 7.90. The van der Waals surface area contributed by atoms with E-state index in [4.69, 9.17) is 0 Å². The van der Waals surface area contributed by atoms with Crippen molar-refractivity contribution >= 4 is 39.0 Å². The predicted molar refractivity (Wildman–Crippen MR) is 151 cm³/mol. The molecule has 0 aliphatic carbocycles. The highest BCUT2D eigenvalue weighted by Gasteiger charge is 2.30. The fourth-order valence-electron chi connectivity index (χ4n) is 5.46. The molecule has 204 valence electrons. The standard InChI is InChI=1S/C30H33N3O5S/c1-17-6-5-7-18(2)25(17)16-39(37,38)22-8-9-26-23(14-22)24(29(35)32-26)15-27-19(3)28(20(4)31-27)30(36)33-12-10-21(34)11-13-33/h5-9,14-15,21,31,34H,10-13,16H2,1-4H3,(H,32,35). The Hall–Kier alpha value is -3.69. The highest BCUT2D eigenvalue weighted by atomic mass is 32.2. The number of H-pyrrole nitrogens is 1. The van der Waals surface area contributed by atoms with Gasteiger partial charge in [0.1, 0.15) is 0 Å². The Morgan fingerprint density at radius 1 is 1.08 bits per heavy atom. The van der Waals surface area contributed by atoms with Crippen LogP contribution in [-0.2, 0) is 20.4 Å². The fraction of sp³-hybridized carbons (Fsp3) is 0.333. The molecule has 5 rings (SSSR count). The number of nitrogens with one attached hydrogen (secondary N) is 2. The second kappa shape index (κ2) is 10.1. The van der Waals surface area contributed by atoms with Crippen LogP contribution in [0.5, 0.6) is 0 Å². The lowest BCUT2D eigenvalue weighted by atomic mass is 10.0. The number of hydrogen-bond acceptors (Lipinski definition) is 5. The third-order valence-electron chi connectivity index (χ3n) is 7.84. The van der Waals surface area contributed by atoms with Crippen molar-refractivity contribution in [2.45, 2.75) is 57.3 Å². The number of likely N-dealkylation sites (tertiary alicyclic amines) is 1. The third-order valence-corrected chi connectivity index (χ3v) is 9.48. The summed E-state index contributed by atoms with van der Waals surface area (Å²) in [6.07, 6.45) is 2.41. The quantitative estimate of drug-likeness (QED) is 0.411. The van der Waals surface area contributed by atoms with Crippen molar-refractivity contribution in [1.29, 1.82) is 0 Å². The number of fused-ring (bicyclic) bond motifs is 1. The zero-order valence-electron chi connectivity index (χ0n) is 22.6. The Bertz CT molecular complexity index is 1610. The minimum Gasteiger partial charge on any atom is -0.393 e. The molecule has 1 fully saturated rings. The number of benzene rings is 2. The maximum Gasteiger partial charge on any atom is 0.256 e. The van der Waals surface area contributed by atoms with E-state index in [0.717, 1.165) is 22.3 Å². The monoisotopic (exact) mass is 547 g/mol. The summed E-state index contributed by atoms with van der Waals surface area (Å²) in [5.74, 6) is -0.564. The number of aromatic nitrogens is 1. The van der Waals surface area contributed by atoms with Crippen molar-refractivity contribution in [1.82, 2.24) is 9.88 Å². The zero-order valence-corrected chi connectivity index (χ0v) is 23.4. The molecular weight excluding hydrogens is 514 g/mol. The summed E-state index contributed by atoms with van der Waals surface area (Å²) in [6, 6.07) is 10.4. The van der Waals surface area contributed by atoms with Crippen LogP contribution < -0.4 is 5.32 Å². The van der Waals surface area contributed by atoms with Gasteiger partial charge in [-0.1, -0.05) is 18.2 Å². The van der Waals surface area contributed by atoms with Gasteiger partial charge in [0.05, 0.1) is 27.9 Å². The lowest BCUT2D eigenvalue weighted by molar-refractivity contribution is -0.110. The van der Waals surface area contributed by atoms with Crippen molar-refractivity contribution in [3.05, 3.63) is 81.2 Å². The average molecular weight is 548 g/mol. The van der Waals surface area contributed by atoms with E-state index in [1.165, 1.54) is 6.07 Å². The summed E-state index contributed by atoms with van der Waals surface area (Å²) in [7, 11) is -3.67. The first kappa shape index (κ1) is 26.9. The number of aromatic amines is 1. The van der Waals surface area contributed by atoms with Crippen molar-refractivity contribution in [2.24, 2.45) is 0 Å². The van der Waals surface area contributed by atoms with Gasteiger partial charge >= 0.3 is 0 Å². The Morgan fingerprint density at radius 2 is 1.74 bits per heavy atom. The van der Waals surface area contributed by atoms with E-state index < -0.39 is 9.84 Å². The van der Waals surface area contributed by atoms with E-state index in [1.54, 1.807) is 23.1 Å². The molecule has 1 aromatic heterocycles. The van der Waals surface area contributed by atoms with Crippen LogP contribution in [0, 0.1) is 27.7 Å². The van der Waals surface area contributed by atoms with E-state index in [-0.39, 0.29) is 28.6 Å². The molecule has 0 unspecified atom stereocenters. The molecule has 9 heteroatoms. The first-order valence-electron chi connectivity index (χ1n) is 13.1. The number of piperidine rings is 1. The lowest BCUT2D eigenvalue weighted by Crippen LogP contribution is -2.40. The number of amides is 2. The number of carbonyl (C=O) groups excluding carboxylic acids is 2. The van der Waals surface area contributed by atoms with Gasteiger partial charge in [-0.15, -0.1) is 0 Å². The lowest BCUT2D eigenvalue weighted by Gasteiger charge is -2.29. The Morgan fingerprint density at radius 3 is 2.41 bits per heavy atom. The van der Waals surface area contributed by atoms with E-state index in [9.17, 15) is 23.1 Å². The van der Waals surface area contributed by atoms with Crippen LogP contribution in [0.15, 0.2) is 41.3 Å². The molecule has 0 saturated carbocycles. The van der Waals surface area contributed by atoms with Gasteiger partial charge < -0.3 is 20.3 Å². The molecule has 2 aliphatic heterocycles. The summed E-state index contributed by atoms with van der Waals surface area (Å²) >= 11 is 0. The maximum absolute atomic E-state index is 13.4. The number of carbonyl (C=O) groups is 2. The van der Waals surface area contributed by atoms with Gasteiger partial charge in [-0.2, -0.15) is 0 Å². The highest BCUT2D eigenvalue weighted by Crippen LogP contribution is 2.36. The minimum atomic E-state index is -3.67. The Kier molecular flexibility index (Phi) is 6.99. The predicted octanol–water partition coefficient (Wildman–Crippen LogP) is 4.31. The summed E-state index contributed by atoms with van der Waals surface area (Å²) in [6.45, 7) is 8.45. The molecule has 3 aromatic rings. The zero-order chi connectivity index (χ0) is 28.1. The van der Waals surface area contributed by atoms with Gasteiger partial charge in [-0.25, -0.2) is 8.42 Å². The van der Waals surface area contributed by atoms with Gasteiger partial charge in [0, 0.05) is 35.7 Å². The van der Waals surface area contributed by atoms with Crippen molar-refractivity contribution in [2.75, 3.05) is 18.4 Å². The van der Waals surface area contributed by atoms with Crippen LogP contribution in [0.3, 0.4) is 0 Å². The van der Waals surface area contributed by atoms with Crippen molar-refractivity contribution in [3.8, 4) is 0 Å². The van der Waals surface area contributed by atoms with Crippen LogP contribution in [-0.4, -0.2) is 54.4 Å². The van der Waals surface area contributed by atoms with Gasteiger partial charge in [-0.3, -0.25) is 9.59 Å². The second-order valence-electron chi connectivity index (χ2n) is 10.5. The largest absolute Gasteiger partial charge is 0.393 e. The first-order valence-corrected chi connectivity index (χ1v) is 14.7. The average Bonchev–Trinajstić information content (AvgIpc) is 3.35. The number of rotatable bonds is 5. The molecule has 2 aromatic carbocycles.